The summed E-state index contributed by atoms with van der Waals surface area (Å²) in [7, 11) is 0. The summed E-state index contributed by atoms with van der Waals surface area (Å²) >= 11 is 10.9. The van der Waals surface area contributed by atoms with Crippen LogP contribution in [0.2, 0.25) is 5.02 Å². The van der Waals surface area contributed by atoms with Gasteiger partial charge in [0.15, 0.2) is 5.11 Å². The molecule has 0 heterocycles. The van der Waals surface area contributed by atoms with Crippen LogP contribution in [0.15, 0.2) is 53.6 Å². The first-order valence-electron chi connectivity index (χ1n) is 7.29. The molecule has 0 amide bonds. The lowest BCUT2D eigenvalue weighted by Gasteiger charge is -2.12. The van der Waals surface area contributed by atoms with Crippen LogP contribution >= 0.6 is 23.8 Å². The molecule has 0 saturated heterocycles. The standard InChI is InChI=1S/C17H15ClF3N3S/c1-11(12-5-3-2-4-6-12)10-22-24-16(25)23-15-9-13(17(19,20)21)7-8-14(15)18/h2-11H,1H3,(H2,23,24,25)/b22-10-/t11-/m1/s1. The second-order valence-electron chi connectivity index (χ2n) is 5.24. The minimum absolute atomic E-state index is 0.0396. The molecule has 0 bridgehead atoms. The topological polar surface area (TPSA) is 36.4 Å². The summed E-state index contributed by atoms with van der Waals surface area (Å²) in [4.78, 5) is 0. The van der Waals surface area contributed by atoms with Crippen LogP contribution in [0.1, 0.15) is 24.0 Å². The fourth-order valence-electron chi connectivity index (χ4n) is 2.00. The van der Waals surface area contributed by atoms with Crippen molar-refractivity contribution in [2.75, 3.05) is 5.32 Å². The largest absolute Gasteiger partial charge is 0.416 e. The molecule has 0 unspecified atom stereocenters. The number of hydrogen-bond acceptors (Lipinski definition) is 2. The van der Waals surface area contributed by atoms with Gasteiger partial charge in [0.05, 0.1) is 16.3 Å². The number of anilines is 1. The number of nitrogens with one attached hydrogen (secondary N) is 2. The predicted molar refractivity (Wildman–Crippen MR) is 99.2 cm³/mol. The first-order chi connectivity index (χ1) is 11.8. The van der Waals surface area contributed by atoms with Gasteiger partial charge in [-0.15, -0.1) is 0 Å². The molecule has 1 atom stereocenters. The van der Waals surface area contributed by atoms with Gasteiger partial charge in [0, 0.05) is 12.1 Å². The fraction of sp³-hybridized carbons (Fsp3) is 0.176. The Hall–Kier alpha value is -2.12. The van der Waals surface area contributed by atoms with E-state index in [1.54, 1.807) is 6.21 Å². The van der Waals surface area contributed by atoms with Gasteiger partial charge in [0.2, 0.25) is 0 Å². The maximum Gasteiger partial charge on any atom is 0.416 e. The monoisotopic (exact) mass is 385 g/mol. The Morgan fingerprint density at radius 2 is 1.88 bits per heavy atom. The van der Waals surface area contributed by atoms with Crippen LogP contribution in [0.5, 0.6) is 0 Å². The molecule has 3 nitrogen and oxygen atoms in total. The Morgan fingerprint density at radius 3 is 2.52 bits per heavy atom. The summed E-state index contributed by atoms with van der Waals surface area (Å²) in [6.07, 6.45) is -2.81. The third kappa shape index (κ3) is 5.72. The average molecular weight is 386 g/mol. The zero-order chi connectivity index (χ0) is 18.4. The molecule has 25 heavy (non-hydrogen) atoms. The van der Waals surface area contributed by atoms with E-state index in [9.17, 15) is 13.2 Å². The molecule has 132 valence electrons. The number of halogens is 4. The van der Waals surface area contributed by atoms with E-state index in [1.807, 2.05) is 37.3 Å². The van der Waals surface area contributed by atoms with Crippen molar-refractivity contribution < 1.29 is 13.2 Å². The van der Waals surface area contributed by atoms with Gasteiger partial charge >= 0.3 is 6.18 Å². The third-order valence-corrected chi connectivity index (χ3v) is 3.85. The molecule has 0 radical (unpaired) electrons. The lowest BCUT2D eigenvalue weighted by Crippen LogP contribution is -2.24. The molecule has 0 aliphatic carbocycles. The number of nitrogens with zero attached hydrogens (tertiary/aromatic N) is 1. The Labute approximate surface area is 153 Å². The highest BCUT2D eigenvalue weighted by molar-refractivity contribution is 7.80. The van der Waals surface area contributed by atoms with Crippen molar-refractivity contribution in [3.63, 3.8) is 0 Å². The van der Waals surface area contributed by atoms with Crippen molar-refractivity contribution in [1.82, 2.24) is 5.43 Å². The summed E-state index contributed by atoms with van der Waals surface area (Å²) < 4.78 is 38.2. The molecule has 0 saturated carbocycles. The lowest BCUT2D eigenvalue weighted by atomic mass is 10.0. The quantitative estimate of drug-likeness (QED) is 0.418. The molecule has 2 aromatic carbocycles. The van der Waals surface area contributed by atoms with E-state index in [0.717, 1.165) is 23.8 Å². The second kappa shape index (κ2) is 8.31. The molecule has 0 aromatic heterocycles. The molecular weight excluding hydrogens is 371 g/mol. The first kappa shape index (κ1) is 19.2. The van der Waals surface area contributed by atoms with Gasteiger partial charge in [0.25, 0.3) is 0 Å². The normalized spacial score (nSPS) is 12.8. The van der Waals surface area contributed by atoms with Gasteiger partial charge in [-0.1, -0.05) is 48.9 Å². The Balaban J connectivity index is 1.97. The van der Waals surface area contributed by atoms with E-state index >= 15 is 0 Å². The molecule has 2 rings (SSSR count). The van der Waals surface area contributed by atoms with E-state index < -0.39 is 11.7 Å². The Kier molecular flexibility index (Phi) is 6.39. The van der Waals surface area contributed by atoms with Crippen LogP contribution in [0.25, 0.3) is 0 Å². The SMILES string of the molecule is C[C@H](/C=N\NC(=S)Nc1cc(C(F)(F)F)ccc1Cl)c1ccccc1. The summed E-state index contributed by atoms with van der Waals surface area (Å²) in [5.41, 5.74) is 2.88. The van der Waals surface area contributed by atoms with E-state index in [-0.39, 0.29) is 21.7 Å². The molecule has 2 N–H and O–H groups in total. The minimum atomic E-state index is -4.46. The van der Waals surface area contributed by atoms with E-state index in [1.165, 1.54) is 0 Å². The summed E-state index contributed by atoms with van der Waals surface area (Å²) in [5.74, 6) is 0.0497. The van der Waals surface area contributed by atoms with Crippen molar-refractivity contribution in [3.8, 4) is 0 Å². The smallest absolute Gasteiger partial charge is 0.330 e. The van der Waals surface area contributed by atoms with Crippen molar-refractivity contribution in [2.45, 2.75) is 19.0 Å². The minimum Gasteiger partial charge on any atom is -0.330 e. The molecule has 0 aliphatic heterocycles. The molecule has 0 fully saturated rings. The fourth-order valence-corrected chi connectivity index (χ4v) is 2.33. The van der Waals surface area contributed by atoms with Crippen molar-refractivity contribution >= 4 is 40.8 Å². The van der Waals surface area contributed by atoms with E-state index in [0.29, 0.717) is 0 Å². The van der Waals surface area contributed by atoms with Gasteiger partial charge in [-0.3, -0.25) is 5.43 Å². The number of hydrazone groups is 1. The Morgan fingerprint density at radius 1 is 1.20 bits per heavy atom. The van der Waals surface area contributed by atoms with Gasteiger partial charge in [-0.2, -0.15) is 18.3 Å². The lowest BCUT2D eigenvalue weighted by molar-refractivity contribution is -0.137. The molecule has 2 aromatic rings. The number of hydrogen-bond donors (Lipinski definition) is 2. The predicted octanol–water partition coefficient (Wildman–Crippen LogP) is 5.43. The highest BCUT2D eigenvalue weighted by atomic mass is 35.5. The summed E-state index contributed by atoms with van der Waals surface area (Å²) in [5, 5.41) is 6.77. The molecule has 0 aliphatic rings. The van der Waals surface area contributed by atoms with Gasteiger partial charge in [0.1, 0.15) is 0 Å². The zero-order valence-corrected chi connectivity index (χ0v) is 14.7. The number of thiocarbonyl (C=S) groups is 1. The van der Waals surface area contributed by atoms with Crippen molar-refractivity contribution in [1.29, 1.82) is 0 Å². The highest BCUT2D eigenvalue weighted by Crippen LogP contribution is 2.33. The Bertz CT molecular complexity index is 763. The maximum absolute atomic E-state index is 12.7. The summed E-state index contributed by atoms with van der Waals surface area (Å²) in [6, 6.07) is 12.7. The maximum atomic E-state index is 12.7. The highest BCUT2D eigenvalue weighted by Gasteiger charge is 2.31. The van der Waals surface area contributed by atoms with Crippen molar-refractivity contribution in [2.24, 2.45) is 5.10 Å². The molecule has 8 heteroatoms. The van der Waals surface area contributed by atoms with Crippen LogP contribution < -0.4 is 10.7 Å². The number of benzene rings is 2. The second-order valence-corrected chi connectivity index (χ2v) is 6.05. The third-order valence-electron chi connectivity index (χ3n) is 3.33. The number of rotatable bonds is 4. The molecule has 0 spiro atoms. The van der Waals surface area contributed by atoms with Crippen LogP contribution in [-0.2, 0) is 6.18 Å². The van der Waals surface area contributed by atoms with Gasteiger partial charge in [-0.25, -0.2) is 0 Å². The van der Waals surface area contributed by atoms with Crippen LogP contribution in [0, 0.1) is 0 Å². The summed E-state index contributed by atoms with van der Waals surface area (Å²) in [6.45, 7) is 1.96. The van der Waals surface area contributed by atoms with Crippen LogP contribution in [0.3, 0.4) is 0 Å². The zero-order valence-electron chi connectivity index (χ0n) is 13.1. The van der Waals surface area contributed by atoms with Crippen LogP contribution in [0.4, 0.5) is 18.9 Å². The van der Waals surface area contributed by atoms with E-state index in [4.69, 9.17) is 23.8 Å². The van der Waals surface area contributed by atoms with Gasteiger partial charge < -0.3 is 5.32 Å². The average Bonchev–Trinajstić information content (AvgIpc) is 2.56. The molecular formula is C17H15ClF3N3S. The van der Waals surface area contributed by atoms with Gasteiger partial charge in [-0.05, 0) is 36.0 Å². The van der Waals surface area contributed by atoms with Crippen molar-refractivity contribution in [3.05, 3.63) is 64.7 Å². The number of alkyl halides is 3. The first-order valence-corrected chi connectivity index (χ1v) is 8.08. The van der Waals surface area contributed by atoms with E-state index in [2.05, 4.69) is 15.8 Å². The van der Waals surface area contributed by atoms with Crippen LogP contribution in [-0.4, -0.2) is 11.3 Å².